The van der Waals surface area contributed by atoms with Crippen LogP contribution in [0.1, 0.15) is 18.4 Å². The van der Waals surface area contributed by atoms with Gasteiger partial charge in [-0.15, -0.1) is 0 Å². The number of likely N-dealkylation sites (N-methyl/N-ethyl adjacent to an activating group) is 1. The molecule has 2 N–H and O–H groups in total. The standard InChI is InChI=1S/C14H23N3/c1-12(13-3-5-14(15)6-4-13)11-17-9-7-16(2)8-10-17/h3-6,12H,7-11,15H2,1-2H3. The Morgan fingerprint density at radius 1 is 1.12 bits per heavy atom. The summed E-state index contributed by atoms with van der Waals surface area (Å²) < 4.78 is 0. The maximum Gasteiger partial charge on any atom is 0.0314 e. The highest BCUT2D eigenvalue weighted by Crippen LogP contribution is 2.18. The predicted molar refractivity (Wildman–Crippen MR) is 73.2 cm³/mol. The van der Waals surface area contributed by atoms with Gasteiger partial charge in [0.15, 0.2) is 0 Å². The van der Waals surface area contributed by atoms with Gasteiger partial charge >= 0.3 is 0 Å². The molecule has 1 aliphatic heterocycles. The van der Waals surface area contributed by atoms with E-state index < -0.39 is 0 Å². The van der Waals surface area contributed by atoms with E-state index in [1.807, 2.05) is 12.1 Å². The molecule has 1 saturated heterocycles. The molecular formula is C14H23N3. The molecule has 1 aliphatic rings. The average Bonchev–Trinajstić information content (AvgIpc) is 2.33. The fourth-order valence-electron chi connectivity index (χ4n) is 2.35. The van der Waals surface area contributed by atoms with Crippen LogP contribution in [-0.2, 0) is 0 Å². The summed E-state index contributed by atoms with van der Waals surface area (Å²) in [7, 11) is 2.20. The van der Waals surface area contributed by atoms with Crippen molar-refractivity contribution in [3.63, 3.8) is 0 Å². The molecule has 3 nitrogen and oxygen atoms in total. The lowest BCUT2D eigenvalue weighted by Crippen LogP contribution is -2.45. The monoisotopic (exact) mass is 233 g/mol. The topological polar surface area (TPSA) is 32.5 Å². The van der Waals surface area contributed by atoms with E-state index in [0.717, 1.165) is 12.2 Å². The number of nitrogens with two attached hydrogens (primary N) is 1. The second-order valence-corrected chi connectivity index (χ2v) is 5.17. The summed E-state index contributed by atoms with van der Waals surface area (Å²) in [5.41, 5.74) is 7.95. The van der Waals surface area contributed by atoms with Crippen LogP contribution in [0, 0.1) is 0 Å². The number of piperazine rings is 1. The van der Waals surface area contributed by atoms with E-state index in [1.54, 1.807) is 0 Å². The first-order valence-electron chi connectivity index (χ1n) is 6.41. The SMILES string of the molecule is CC(CN1CCN(C)CC1)c1ccc(N)cc1. The predicted octanol–water partition coefficient (Wildman–Crippen LogP) is 1.62. The zero-order valence-corrected chi connectivity index (χ0v) is 10.9. The zero-order valence-electron chi connectivity index (χ0n) is 10.9. The summed E-state index contributed by atoms with van der Waals surface area (Å²) in [5.74, 6) is 0.582. The van der Waals surface area contributed by atoms with Crippen LogP contribution in [0.25, 0.3) is 0 Å². The smallest absolute Gasteiger partial charge is 0.0314 e. The Hall–Kier alpha value is -1.06. The molecule has 0 saturated carbocycles. The third kappa shape index (κ3) is 3.45. The normalized spacial score (nSPS) is 20.4. The molecule has 17 heavy (non-hydrogen) atoms. The molecule has 0 bridgehead atoms. The van der Waals surface area contributed by atoms with Crippen LogP contribution in [0.3, 0.4) is 0 Å². The van der Waals surface area contributed by atoms with Crippen LogP contribution in [-0.4, -0.2) is 49.6 Å². The first kappa shape index (κ1) is 12.4. The molecule has 3 heteroatoms. The number of nitrogen functional groups attached to an aromatic ring is 1. The maximum atomic E-state index is 5.71. The lowest BCUT2D eigenvalue weighted by Gasteiger charge is -2.34. The first-order valence-corrected chi connectivity index (χ1v) is 6.41. The van der Waals surface area contributed by atoms with Gasteiger partial charge in [-0.25, -0.2) is 0 Å². The van der Waals surface area contributed by atoms with Gasteiger partial charge in [-0.2, -0.15) is 0 Å². The molecule has 2 rings (SSSR count). The van der Waals surface area contributed by atoms with Crippen LogP contribution in [0.2, 0.25) is 0 Å². The number of nitrogens with zero attached hydrogens (tertiary/aromatic N) is 2. The van der Waals surface area contributed by atoms with Crippen LogP contribution < -0.4 is 5.73 Å². The van der Waals surface area contributed by atoms with Gasteiger partial charge in [0.2, 0.25) is 0 Å². The van der Waals surface area contributed by atoms with Crippen molar-refractivity contribution in [2.75, 3.05) is 45.5 Å². The molecule has 0 aromatic heterocycles. The van der Waals surface area contributed by atoms with Gasteiger partial charge in [0, 0.05) is 38.4 Å². The highest BCUT2D eigenvalue weighted by Gasteiger charge is 2.16. The van der Waals surface area contributed by atoms with Crippen molar-refractivity contribution in [3.05, 3.63) is 29.8 Å². The number of hydrogen-bond acceptors (Lipinski definition) is 3. The summed E-state index contributed by atoms with van der Waals surface area (Å²) in [4.78, 5) is 4.95. The highest BCUT2D eigenvalue weighted by atomic mass is 15.2. The summed E-state index contributed by atoms with van der Waals surface area (Å²) in [6.07, 6.45) is 0. The quantitative estimate of drug-likeness (QED) is 0.805. The molecule has 0 radical (unpaired) electrons. The van der Waals surface area contributed by atoms with Gasteiger partial charge in [0.05, 0.1) is 0 Å². The molecule has 94 valence electrons. The molecule has 0 aliphatic carbocycles. The van der Waals surface area contributed by atoms with Gasteiger partial charge in [-0.05, 0) is 30.7 Å². The van der Waals surface area contributed by atoms with E-state index in [0.29, 0.717) is 5.92 Å². The van der Waals surface area contributed by atoms with E-state index in [4.69, 9.17) is 5.73 Å². The Kier molecular flexibility index (Phi) is 4.02. The molecule has 0 amide bonds. The second kappa shape index (κ2) is 5.52. The second-order valence-electron chi connectivity index (χ2n) is 5.17. The van der Waals surface area contributed by atoms with E-state index >= 15 is 0 Å². The molecular weight excluding hydrogens is 210 g/mol. The van der Waals surface area contributed by atoms with Crippen molar-refractivity contribution in [1.29, 1.82) is 0 Å². The number of anilines is 1. The van der Waals surface area contributed by atoms with E-state index in [-0.39, 0.29) is 0 Å². The lowest BCUT2D eigenvalue weighted by molar-refractivity contribution is 0.149. The van der Waals surface area contributed by atoms with E-state index in [1.165, 1.54) is 31.7 Å². The van der Waals surface area contributed by atoms with Gasteiger partial charge in [-0.1, -0.05) is 19.1 Å². The van der Waals surface area contributed by atoms with Crippen molar-refractivity contribution in [2.45, 2.75) is 12.8 Å². The Morgan fingerprint density at radius 2 is 1.71 bits per heavy atom. The van der Waals surface area contributed by atoms with Crippen molar-refractivity contribution in [1.82, 2.24) is 9.80 Å². The van der Waals surface area contributed by atoms with Crippen molar-refractivity contribution in [3.8, 4) is 0 Å². The van der Waals surface area contributed by atoms with Crippen LogP contribution >= 0.6 is 0 Å². The molecule has 1 aromatic rings. The zero-order chi connectivity index (χ0) is 12.3. The Bertz CT molecular complexity index is 339. The fraction of sp³-hybridized carbons (Fsp3) is 0.571. The highest BCUT2D eigenvalue weighted by molar-refractivity contribution is 5.40. The largest absolute Gasteiger partial charge is 0.399 e. The van der Waals surface area contributed by atoms with Crippen molar-refractivity contribution in [2.24, 2.45) is 0 Å². The lowest BCUT2D eigenvalue weighted by atomic mass is 10.00. The van der Waals surface area contributed by atoms with Crippen LogP contribution in [0.15, 0.2) is 24.3 Å². The molecule has 1 unspecified atom stereocenters. The number of rotatable bonds is 3. The van der Waals surface area contributed by atoms with Crippen molar-refractivity contribution >= 4 is 5.69 Å². The molecule has 0 spiro atoms. The first-order chi connectivity index (χ1) is 8.15. The minimum absolute atomic E-state index is 0.582. The Balaban J connectivity index is 1.88. The fourth-order valence-corrected chi connectivity index (χ4v) is 2.35. The molecule has 1 heterocycles. The third-order valence-electron chi connectivity index (χ3n) is 3.63. The molecule has 1 fully saturated rings. The van der Waals surface area contributed by atoms with Gasteiger partial charge in [0.25, 0.3) is 0 Å². The van der Waals surface area contributed by atoms with Crippen LogP contribution in [0.5, 0.6) is 0 Å². The summed E-state index contributed by atoms with van der Waals surface area (Å²) in [6.45, 7) is 8.20. The Labute approximate surface area is 104 Å². The summed E-state index contributed by atoms with van der Waals surface area (Å²) >= 11 is 0. The van der Waals surface area contributed by atoms with Gasteiger partial charge in [-0.3, -0.25) is 0 Å². The minimum Gasteiger partial charge on any atom is -0.399 e. The van der Waals surface area contributed by atoms with Crippen molar-refractivity contribution < 1.29 is 0 Å². The maximum absolute atomic E-state index is 5.71. The van der Waals surface area contributed by atoms with E-state index in [9.17, 15) is 0 Å². The molecule has 1 aromatic carbocycles. The minimum atomic E-state index is 0.582. The summed E-state index contributed by atoms with van der Waals surface area (Å²) in [6, 6.07) is 8.29. The number of benzene rings is 1. The van der Waals surface area contributed by atoms with Gasteiger partial charge < -0.3 is 15.5 Å². The summed E-state index contributed by atoms with van der Waals surface area (Å²) in [5, 5.41) is 0. The molecule has 1 atom stereocenters. The van der Waals surface area contributed by atoms with Crippen LogP contribution in [0.4, 0.5) is 5.69 Å². The number of hydrogen-bond donors (Lipinski definition) is 1. The van der Waals surface area contributed by atoms with Gasteiger partial charge in [0.1, 0.15) is 0 Å². The van der Waals surface area contributed by atoms with E-state index in [2.05, 4.69) is 35.9 Å². The Morgan fingerprint density at radius 3 is 2.29 bits per heavy atom. The average molecular weight is 233 g/mol. The third-order valence-corrected chi connectivity index (χ3v) is 3.63.